The van der Waals surface area contributed by atoms with Gasteiger partial charge in [0.05, 0.1) is 0 Å². The normalized spacial score (nSPS) is 19.9. The summed E-state index contributed by atoms with van der Waals surface area (Å²) in [6, 6.07) is 11.8. The first-order valence-electron chi connectivity index (χ1n) is 9.51. The molecule has 28 heavy (non-hydrogen) atoms. The summed E-state index contributed by atoms with van der Waals surface area (Å²) in [6.07, 6.45) is 2.72. The Balaban J connectivity index is 1.43. The van der Waals surface area contributed by atoms with Gasteiger partial charge >= 0.3 is 0 Å². The predicted molar refractivity (Wildman–Crippen MR) is 106 cm³/mol. The van der Waals surface area contributed by atoms with E-state index in [9.17, 15) is 13.2 Å². The highest BCUT2D eigenvalue weighted by Crippen LogP contribution is 2.37. The van der Waals surface area contributed by atoms with E-state index in [2.05, 4.69) is 9.88 Å². The lowest BCUT2D eigenvalue weighted by Crippen LogP contribution is -2.46. The van der Waals surface area contributed by atoms with Crippen LogP contribution in [0.1, 0.15) is 24.0 Å². The van der Waals surface area contributed by atoms with E-state index in [-0.39, 0.29) is 12.2 Å². The van der Waals surface area contributed by atoms with Gasteiger partial charge in [-0.1, -0.05) is 29.8 Å². The molecule has 0 saturated carbocycles. The Labute approximate surface area is 167 Å². The average molecular weight is 407 g/mol. The Hall–Kier alpha value is -1.98. The van der Waals surface area contributed by atoms with Gasteiger partial charge < -0.3 is 4.98 Å². The number of nitrogens with zero attached hydrogens (tertiary/aromatic N) is 1. The largest absolute Gasteiger partial charge is 0.361 e. The summed E-state index contributed by atoms with van der Waals surface area (Å²) in [7, 11) is 0. The van der Waals surface area contributed by atoms with E-state index >= 15 is 0 Å². The minimum absolute atomic E-state index is 0.130. The van der Waals surface area contributed by atoms with Crippen molar-refractivity contribution in [2.75, 3.05) is 13.1 Å². The van der Waals surface area contributed by atoms with Crippen molar-refractivity contribution in [3.63, 3.8) is 0 Å². The van der Waals surface area contributed by atoms with Crippen molar-refractivity contribution in [3.8, 4) is 0 Å². The molecule has 1 aliphatic heterocycles. The van der Waals surface area contributed by atoms with Crippen LogP contribution in [0.25, 0.3) is 10.9 Å². The van der Waals surface area contributed by atoms with Crippen molar-refractivity contribution in [2.24, 2.45) is 5.92 Å². The summed E-state index contributed by atoms with van der Waals surface area (Å²) < 4.78 is 42.0. The topological polar surface area (TPSA) is 19.0 Å². The maximum Gasteiger partial charge on any atom is 0.253 e. The third-order valence-corrected chi connectivity index (χ3v) is 5.89. The molecule has 1 fully saturated rings. The van der Waals surface area contributed by atoms with Gasteiger partial charge in [-0.3, -0.25) is 4.90 Å². The van der Waals surface area contributed by atoms with Crippen LogP contribution in [0.15, 0.2) is 48.7 Å². The number of rotatable bonds is 5. The number of fused-ring (bicyclic) bond motifs is 1. The second kappa shape index (κ2) is 7.80. The van der Waals surface area contributed by atoms with Crippen LogP contribution in [0.4, 0.5) is 13.2 Å². The summed E-state index contributed by atoms with van der Waals surface area (Å²) in [6.45, 7) is 1.36. The van der Waals surface area contributed by atoms with Crippen LogP contribution in [0.2, 0.25) is 5.02 Å². The summed E-state index contributed by atoms with van der Waals surface area (Å²) in [5.74, 6) is -3.67. The third-order valence-electron chi connectivity index (χ3n) is 5.66. The fraction of sp³-hybridized carbons (Fsp3) is 0.364. The fourth-order valence-electron chi connectivity index (χ4n) is 4.02. The Morgan fingerprint density at radius 2 is 1.93 bits per heavy atom. The number of piperidine rings is 1. The van der Waals surface area contributed by atoms with Gasteiger partial charge in [-0.2, -0.15) is 0 Å². The Morgan fingerprint density at radius 3 is 2.71 bits per heavy atom. The van der Waals surface area contributed by atoms with Gasteiger partial charge in [0.15, 0.2) is 0 Å². The fourth-order valence-corrected chi connectivity index (χ4v) is 4.19. The highest BCUT2D eigenvalue weighted by Gasteiger charge is 2.43. The lowest BCUT2D eigenvalue weighted by atomic mass is 9.88. The van der Waals surface area contributed by atoms with E-state index in [1.54, 1.807) is 12.1 Å². The first-order chi connectivity index (χ1) is 13.4. The summed E-state index contributed by atoms with van der Waals surface area (Å²) in [4.78, 5) is 5.31. The Bertz CT molecular complexity index is 952. The maximum absolute atomic E-state index is 14.5. The van der Waals surface area contributed by atoms with Crippen LogP contribution in [-0.2, 0) is 13.0 Å². The second-order valence-electron chi connectivity index (χ2n) is 7.61. The van der Waals surface area contributed by atoms with Gasteiger partial charge in [0, 0.05) is 54.1 Å². The van der Waals surface area contributed by atoms with Crippen molar-refractivity contribution in [2.45, 2.75) is 31.7 Å². The summed E-state index contributed by atoms with van der Waals surface area (Å²) in [5.41, 5.74) is 2.94. The van der Waals surface area contributed by atoms with E-state index in [0.29, 0.717) is 37.5 Å². The third kappa shape index (κ3) is 4.20. The van der Waals surface area contributed by atoms with Crippen LogP contribution in [0.3, 0.4) is 0 Å². The molecule has 2 heterocycles. The molecule has 148 valence electrons. The van der Waals surface area contributed by atoms with Crippen molar-refractivity contribution < 1.29 is 13.2 Å². The number of benzene rings is 2. The molecule has 0 aliphatic carbocycles. The number of hydrogen-bond acceptors (Lipinski definition) is 1. The first-order valence-corrected chi connectivity index (χ1v) is 9.89. The quantitative estimate of drug-likeness (QED) is 0.546. The van der Waals surface area contributed by atoms with E-state index in [0.717, 1.165) is 22.0 Å². The zero-order valence-corrected chi connectivity index (χ0v) is 16.2. The van der Waals surface area contributed by atoms with Crippen LogP contribution in [0, 0.1) is 11.7 Å². The first kappa shape index (κ1) is 19.3. The van der Waals surface area contributed by atoms with Crippen LogP contribution in [0.5, 0.6) is 0 Å². The number of likely N-dealkylation sites (tertiary alicyclic amines) is 1. The molecule has 3 aromatic rings. The number of nitrogens with one attached hydrogen (secondary N) is 1. The van der Waals surface area contributed by atoms with Crippen molar-refractivity contribution in [1.29, 1.82) is 0 Å². The van der Waals surface area contributed by atoms with Crippen molar-refractivity contribution >= 4 is 22.5 Å². The summed E-state index contributed by atoms with van der Waals surface area (Å²) >= 11 is 6.03. The average Bonchev–Trinajstić information content (AvgIpc) is 3.05. The highest BCUT2D eigenvalue weighted by atomic mass is 35.5. The minimum Gasteiger partial charge on any atom is -0.361 e. The number of H-pyrrole nitrogens is 1. The second-order valence-corrected chi connectivity index (χ2v) is 8.05. The maximum atomic E-state index is 14.5. The number of halogens is 4. The van der Waals surface area contributed by atoms with Crippen LogP contribution < -0.4 is 0 Å². The van der Waals surface area contributed by atoms with E-state index < -0.39 is 11.8 Å². The lowest BCUT2D eigenvalue weighted by molar-refractivity contribution is -0.109. The number of aryl methyl sites for hydroxylation is 1. The lowest BCUT2D eigenvalue weighted by Gasteiger charge is -2.38. The van der Waals surface area contributed by atoms with Gasteiger partial charge in [-0.15, -0.1) is 0 Å². The molecule has 6 heteroatoms. The molecule has 0 radical (unpaired) electrons. The van der Waals surface area contributed by atoms with Gasteiger partial charge in [-0.25, -0.2) is 13.2 Å². The standard InChI is InChI=1S/C22H22ClF3N2/c23-18-5-8-20-16(12-27-21(20)11-18)13-28-10-9-22(25,26)17(14-28)4-1-15-2-6-19(24)7-3-15/h2-3,5-8,11-12,17,27H,1,4,9-10,13-14H2/t17-/m0/s1. The molecule has 1 atom stereocenters. The Morgan fingerprint density at radius 1 is 1.14 bits per heavy atom. The molecule has 1 saturated heterocycles. The highest BCUT2D eigenvalue weighted by molar-refractivity contribution is 6.31. The molecule has 2 aromatic carbocycles. The minimum atomic E-state index is -2.66. The molecule has 1 aromatic heterocycles. The van der Waals surface area contributed by atoms with E-state index in [1.807, 2.05) is 24.4 Å². The number of hydrogen-bond donors (Lipinski definition) is 1. The molecule has 0 unspecified atom stereocenters. The van der Waals surface area contributed by atoms with Gasteiger partial charge in [0.1, 0.15) is 5.82 Å². The van der Waals surface area contributed by atoms with Gasteiger partial charge in [-0.05, 0) is 48.2 Å². The molecular weight excluding hydrogens is 385 g/mol. The monoisotopic (exact) mass is 406 g/mol. The Kier molecular flexibility index (Phi) is 5.39. The van der Waals surface area contributed by atoms with Crippen LogP contribution >= 0.6 is 11.6 Å². The molecule has 1 aliphatic rings. The zero-order valence-electron chi connectivity index (χ0n) is 15.4. The van der Waals surface area contributed by atoms with Gasteiger partial charge in [0.2, 0.25) is 0 Å². The van der Waals surface area contributed by atoms with E-state index in [1.165, 1.54) is 12.1 Å². The van der Waals surface area contributed by atoms with Crippen LogP contribution in [-0.4, -0.2) is 28.9 Å². The predicted octanol–water partition coefficient (Wildman–Crippen LogP) is 6.05. The molecule has 1 N–H and O–H groups in total. The number of alkyl halides is 2. The smallest absolute Gasteiger partial charge is 0.253 e. The summed E-state index contributed by atoms with van der Waals surface area (Å²) in [5, 5.41) is 1.74. The SMILES string of the molecule is Fc1ccc(CC[C@H]2CN(Cc3c[nH]c4cc(Cl)ccc34)CCC2(F)F)cc1. The molecule has 0 amide bonds. The van der Waals surface area contributed by atoms with Gasteiger partial charge in [0.25, 0.3) is 5.92 Å². The number of aromatic nitrogens is 1. The van der Waals surface area contributed by atoms with E-state index in [4.69, 9.17) is 11.6 Å². The van der Waals surface area contributed by atoms with Crippen molar-refractivity contribution in [1.82, 2.24) is 9.88 Å². The molecule has 2 nitrogen and oxygen atoms in total. The number of aromatic amines is 1. The molecule has 0 bridgehead atoms. The van der Waals surface area contributed by atoms with Crippen molar-refractivity contribution in [3.05, 3.63) is 70.6 Å². The zero-order chi connectivity index (χ0) is 19.7. The molecular formula is C22H22ClF3N2. The molecule has 4 rings (SSSR count). The molecule has 0 spiro atoms.